The van der Waals surface area contributed by atoms with Crippen LogP contribution in [-0.4, -0.2) is 36.6 Å². The van der Waals surface area contributed by atoms with Crippen molar-refractivity contribution >= 4 is 25.2 Å². The van der Waals surface area contributed by atoms with Crippen molar-refractivity contribution in [3.05, 3.63) is 48.3 Å². The Bertz CT molecular complexity index is 848. The van der Waals surface area contributed by atoms with Crippen LogP contribution in [0.2, 0.25) is 0 Å². The molecule has 0 unspecified atom stereocenters. The fraction of sp³-hybridized carbons (Fsp3) is 0.278. The molecule has 1 aromatic carbocycles. The number of rotatable bonds is 3. The molecule has 2 heterocycles. The molecule has 2 fully saturated rings. The average molecular weight is 318 g/mol. The lowest BCUT2D eigenvalue weighted by Gasteiger charge is -2.28. The predicted molar refractivity (Wildman–Crippen MR) is 95.9 cm³/mol. The lowest BCUT2D eigenvalue weighted by Crippen LogP contribution is -2.46. The van der Waals surface area contributed by atoms with E-state index in [1.54, 1.807) is 7.05 Å². The second kappa shape index (κ2) is 5.19. The van der Waals surface area contributed by atoms with Gasteiger partial charge in [0, 0.05) is 19.4 Å². The summed E-state index contributed by atoms with van der Waals surface area (Å²) < 4.78 is 0. The number of likely N-dealkylation sites (N-methyl/N-ethyl adjacent to an activating group) is 1. The first-order valence-corrected chi connectivity index (χ1v) is 8.20. The molecule has 5 nitrogen and oxygen atoms in total. The molecule has 1 amide bonds. The van der Waals surface area contributed by atoms with Crippen molar-refractivity contribution in [3.8, 4) is 11.1 Å². The van der Waals surface area contributed by atoms with Crippen molar-refractivity contribution in [1.82, 2.24) is 15.2 Å². The maximum Gasteiger partial charge on any atom is 0.259 e. The van der Waals surface area contributed by atoms with Gasteiger partial charge in [-0.1, -0.05) is 29.7 Å². The Morgan fingerprint density at radius 3 is 2.71 bits per heavy atom. The van der Waals surface area contributed by atoms with E-state index in [2.05, 4.69) is 22.4 Å². The molecule has 2 N–H and O–H groups in total. The van der Waals surface area contributed by atoms with E-state index in [1.807, 2.05) is 38.4 Å². The molecule has 1 saturated carbocycles. The van der Waals surface area contributed by atoms with Gasteiger partial charge in [-0.2, -0.15) is 0 Å². The molecule has 0 spiro atoms. The van der Waals surface area contributed by atoms with Gasteiger partial charge in [-0.3, -0.25) is 20.1 Å². The first-order valence-electron chi connectivity index (χ1n) is 8.20. The minimum Gasteiger partial charge on any atom is -0.338 e. The molecular formula is C18H19BN4O. The Hall–Kier alpha value is -2.63. The van der Waals surface area contributed by atoms with Crippen LogP contribution in [0.25, 0.3) is 11.1 Å². The molecule has 120 valence electrons. The van der Waals surface area contributed by atoms with Crippen LogP contribution in [0.5, 0.6) is 0 Å². The van der Waals surface area contributed by atoms with Gasteiger partial charge in [0.05, 0.1) is 0 Å². The molecule has 1 saturated heterocycles. The van der Waals surface area contributed by atoms with Crippen LogP contribution in [-0.2, 0) is 10.3 Å². The third-order valence-electron chi connectivity index (χ3n) is 5.01. The molecule has 0 bridgehead atoms. The Morgan fingerprint density at radius 2 is 2.08 bits per heavy atom. The van der Waals surface area contributed by atoms with Gasteiger partial charge in [-0.15, -0.1) is 0 Å². The second-order valence-corrected chi connectivity index (χ2v) is 6.75. The number of nitrogens with one attached hydrogen (secondary N) is 2. The SMILES string of the molecule is Bc1cncc(-c2cccc([C@]3(C4CC4)NC(=N)N(C)C3=O)c2)c1. The van der Waals surface area contributed by atoms with Gasteiger partial charge in [0.1, 0.15) is 13.4 Å². The number of carbonyl (C=O) groups is 1. The van der Waals surface area contributed by atoms with Gasteiger partial charge in [0.15, 0.2) is 5.96 Å². The van der Waals surface area contributed by atoms with E-state index in [0.29, 0.717) is 0 Å². The van der Waals surface area contributed by atoms with Gasteiger partial charge in [0.25, 0.3) is 5.91 Å². The Kier molecular flexibility index (Phi) is 3.23. The lowest BCUT2D eigenvalue weighted by molar-refractivity contribution is -0.131. The fourth-order valence-corrected chi connectivity index (χ4v) is 3.57. The highest BCUT2D eigenvalue weighted by Gasteiger charge is 2.58. The number of carbonyl (C=O) groups excluding carboxylic acids is 1. The summed E-state index contributed by atoms with van der Waals surface area (Å²) in [7, 11) is 3.68. The van der Waals surface area contributed by atoms with Crippen molar-refractivity contribution in [2.75, 3.05) is 7.05 Å². The van der Waals surface area contributed by atoms with Crippen molar-refractivity contribution < 1.29 is 4.79 Å². The maximum absolute atomic E-state index is 12.9. The zero-order chi connectivity index (χ0) is 16.9. The maximum atomic E-state index is 12.9. The van der Waals surface area contributed by atoms with Crippen LogP contribution in [0, 0.1) is 11.3 Å². The monoisotopic (exact) mass is 318 g/mol. The number of benzene rings is 1. The van der Waals surface area contributed by atoms with Crippen LogP contribution in [0.15, 0.2) is 42.7 Å². The number of aromatic nitrogens is 1. The van der Waals surface area contributed by atoms with E-state index >= 15 is 0 Å². The lowest BCUT2D eigenvalue weighted by atomic mass is 9.83. The Morgan fingerprint density at radius 1 is 1.29 bits per heavy atom. The fourth-order valence-electron chi connectivity index (χ4n) is 3.57. The predicted octanol–water partition coefficient (Wildman–Crippen LogP) is 0.609. The quantitative estimate of drug-likeness (QED) is 0.815. The molecule has 2 aromatic rings. The molecule has 0 radical (unpaired) electrons. The molecule has 1 aromatic heterocycles. The number of nitrogens with zero attached hydrogens (tertiary/aromatic N) is 2. The molecule has 4 rings (SSSR count). The number of guanidine groups is 1. The largest absolute Gasteiger partial charge is 0.338 e. The highest BCUT2D eigenvalue weighted by atomic mass is 16.2. The summed E-state index contributed by atoms with van der Waals surface area (Å²) in [6, 6.07) is 10.2. The first-order chi connectivity index (χ1) is 11.5. The number of hydrogen-bond donors (Lipinski definition) is 2. The molecular weight excluding hydrogens is 299 g/mol. The first kappa shape index (κ1) is 14.9. The molecule has 1 aliphatic heterocycles. The van der Waals surface area contributed by atoms with E-state index in [1.165, 1.54) is 4.90 Å². The molecule has 6 heteroatoms. The number of amides is 1. The minimum atomic E-state index is -0.793. The average Bonchev–Trinajstić information content (AvgIpc) is 3.40. The molecule has 24 heavy (non-hydrogen) atoms. The van der Waals surface area contributed by atoms with Gasteiger partial charge in [-0.05, 0) is 41.5 Å². The van der Waals surface area contributed by atoms with Crippen LogP contribution in [0.3, 0.4) is 0 Å². The van der Waals surface area contributed by atoms with Crippen molar-refractivity contribution in [2.45, 2.75) is 18.4 Å². The zero-order valence-electron chi connectivity index (χ0n) is 13.8. The summed E-state index contributed by atoms with van der Waals surface area (Å²) in [6.07, 6.45) is 5.69. The van der Waals surface area contributed by atoms with E-state index in [9.17, 15) is 4.79 Å². The van der Waals surface area contributed by atoms with Crippen LogP contribution < -0.4 is 10.8 Å². The van der Waals surface area contributed by atoms with E-state index in [4.69, 9.17) is 5.41 Å². The molecule has 1 aliphatic carbocycles. The van der Waals surface area contributed by atoms with Gasteiger partial charge in [-0.25, -0.2) is 0 Å². The summed E-state index contributed by atoms with van der Waals surface area (Å²) >= 11 is 0. The zero-order valence-corrected chi connectivity index (χ0v) is 13.8. The number of pyridine rings is 1. The Balaban J connectivity index is 1.82. The van der Waals surface area contributed by atoms with Gasteiger partial charge in [0.2, 0.25) is 0 Å². The van der Waals surface area contributed by atoms with Gasteiger partial charge < -0.3 is 5.32 Å². The third-order valence-corrected chi connectivity index (χ3v) is 5.01. The smallest absolute Gasteiger partial charge is 0.259 e. The van der Waals surface area contributed by atoms with E-state index in [0.717, 1.165) is 35.0 Å². The third kappa shape index (κ3) is 2.13. The van der Waals surface area contributed by atoms with Gasteiger partial charge >= 0.3 is 0 Å². The summed E-state index contributed by atoms with van der Waals surface area (Å²) in [6.45, 7) is 0. The standard InChI is InChI=1S/C18H19BN4O/c1-23-16(24)18(13-5-6-13,22-17(23)20)14-4-2-3-11(7-14)12-8-15(19)10-21-9-12/h2-4,7-10,13H,5-6,19H2,1H3,(H2,20,22)/t18-/m0/s1. The van der Waals surface area contributed by atoms with Crippen LogP contribution >= 0.6 is 0 Å². The summed E-state index contributed by atoms with van der Waals surface area (Å²) in [5, 5.41) is 11.2. The van der Waals surface area contributed by atoms with Crippen molar-refractivity contribution in [2.24, 2.45) is 5.92 Å². The highest BCUT2D eigenvalue weighted by Crippen LogP contribution is 2.49. The second-order valence-electron chi connectivity index (χ2n) is 6.75. The van der Waals surface area contributed by atoms with Crippen LogP contribution in [0.1, 0.15) is 18.4 Å². The summed E-state index contributed by atoms with van der Waals surface area (Å²) in [5.74, 6) is 0.394. The van der Waals surface area contributed by atoms with Crippen molar-refractivity contribution in [1.29, 1.82) is 5.41 Å². The normalized spacial score (nSPS) is 23.5. The van der Waals surface area contributed by atoms with E-state index in [-0.39, 0.29) is 17.8 Å². The van der Waals surface area contributed by atoms with Crippen molar-refractivity contribution in [3.63, 3.8) is 0 Å². The highest BCUT2D eigenvalue weighted by molar-refractivity contribution is 6.32. The van der Waals surface area contributed by atoms with Crippen LogP contribution in [0.4, 0.5) is 0 Å². The Labute approximate surface area is 142 Å². The molecule has 1 atom stereocenters. The number of hydrogen-bond acceptors (Lipinski definition) is 3. The topological polar surface area (TPSA) is 69.1 Å². The summed E-state index contributed by atoms with van der Waals surface area (Å²) in [4.78, 5) is 18.6. The summed E-state index contributed by atoms with van der Waals surface area (Å²) in [5.41, 5.74) is 3.32. The minimum absolute atomic E-state index is 0.0329. The van der Waals surface area contributed by atoms with E-state index < -0.39 is 5.54 Å². The molecule has 2 aliphatic rings.